The summed E-state index contributed by atoms with van der Waals surface area (Å²) in [5, 5.41) is 33.4. The Balaban J connectivity index is 1.34. The molecule has 4 N–H and O–H groups in total. The van der Waals surface area contributed by atoms with Crippen molar-refractivity contribution in [2.24, 2.45) is 0 Å². The number of hydrogen-bond acceptors (Lipinski definition) is 9. The number of fused-ring (bicyclic) bond motifs is 1. The first kappa shape index (κ1) is 22.2. The van der Waals surface area contributed by atoms with Gasteiger partial charge in [0, 0.05) is 0 Å². The Bertz CT molecular complexity index is 1060. The second-order valence-corrected chi connectivity index (χ2v) is 8.65. The van der Waals surface area contributed by atoms with Crippen LogP contribution in [0.5, 0.6) is 0 Å². The van der Waals surface area contributed by atoms with Crippen molar-refractivity contribution in [1.82, 2.24) is 19.5 Å². The molecule has 176 valence electrons. The minimum atomic E-state index is -1.21. The van der Waals surface area contributed by atoms with E-state index in [9.17, 15) is 15.3 Å². The van der Waals surface area contributed by atoms with Crippen LogP contribution >= 0.6 is 0 Å². The molecule has 10 heteroatoms. The molecule has 2 fully saturated rings. The third-order valence-electron chi connectivity index (χ3n) is 6.48. The second kappa shape index (κ2) is 9.70. The van der Waals surface area contributed by atoms with Gasteiger partial charge in [-0.25, -0.2) is 15.0 Å². The topological polar surface area (TPSA) is 135 Å². The maximum absolute atomic E-state index is 10.4. The van der Waals surface area contributed by atoms with E-state index in [-0.39, 0.29) is 12.1 Å². The molecule has 3 heterocycles. The fourth-order valence-corrected chi connectivity index (χ4v) is 4.67. The summed E-state index contributed by atoms with van der Waals surface area (Å²) in [4.78, 5) is 13.2. The molecule has 0 amide bonds. The number of aromatic nitrogens is 4. The minimum Gasteiger partial charge on any atom is -0.394 e. The number of aliphatic hydroxyl groups is 3. The predicted octanol–water partition coefficient (Wildman–Crippen LogP) is 1.38. The van der Waals surface area contributed by atoms with Crippen molar-refractivity contribution in [3.8, 4) is 0 Å². The largest absolute Gasteiger partial charge is 0.394 e. The van der Waals surface area contributed by atoms with Crippen LogP contribution in [0.2, 0.25) is 0 Å². The van der Waals surface area contributed by atoms with Crippen LogP contribution in [0.4, 0.5) is 5.82 Å². The van der Waals surface area contributed by atoms with Crippen molar-refractivity contribution in [3.05, 3.63) is 48.5 Å². The van der Waals surface area contributed by atoms with E-state index in [0.29, 0.717) is 23.6 Å². The van der Waals surface area contributed by atoms with Crippen LogP contribution in [0.3, 0.4) is 0 Å². The monoisotopic (exact) mass is 455 g/mol. The number of ether oxygens (including phenoxy) is 2. The fourth-order valence-electron chi connectivity index (χ4n) is 4.67. The Hall–Kier alpha value is -2.63. The summed E-state index contributed by atoms with van der Waals surface area (Å²) in [5.41, 5.74) is 2.16. The summed E-state index contributed by atoms with van der Waals surface area (Å²) in [6, 6.07) is 10.2. The van der Waals surface area contributed by atoms with Gasteiger partial charge in [0.2, 0.25) is 0 Å². The first-order chi connectivity index (χ1) is 16.2. The molecule has 1 aliphatic carbocycles. The van der Waals surface area contributed by atoms with Crippen molar-refractivity contribution in [1.29, 1.82) is 0 Å². The first-order valence-electron chi connectivity index (χ1n) is 11.4. The van der Waals surface area contributed by atoms with Gasteiger partial charge in [0.15, 0.2) is 23.2 Å². The summed E-state index contributed by atoms with van der Waals surface area (Å²) in [6.45, 7) is 0.165. The Labute approximate surface area is 191 Å². The normalized spacial score (nSPS) is 30.0. The van der Waals surface area contributed by atoms with E-state index in [1.54, 1.807) is 4.57 Å². The van der Waals surface area contributed by atoms with Gasteiger partial charge >= 0.3 is 0 Å². The van der Waals surface area contributed by atoms with Gasteiger partial charge in [0.1, 0.15) is 24.6 Å². The second-order valence-electron chi connectivity index (χ2n) is 8.65. The van der Waals surface area contributed by atoms with Gasteiger partial charge in [0.05, 0.1) is 31.7 Å². The zero-order valence-electron chi connectivity index (χ0n) is 18.2. The molecule has 0 spiro atoms. The Morgan fingerprint density at radius 1 is 1.06 bits per heavy atom. The third kappa shape index (κ3) is 4.44. The molecule has 1 aliphatic heterocycles. The molecule has 6 atom stereocenters. The third-order valence-corrected chi connectivity index (χ3v) is 6.48. The SMILES string of the molecule is OCC1OC(n2cnc3c(NC4CCCC[C@H]4OCc4ccccc4)ncnc32)[C@H](O)[C@@H]1O. The van der Waals surface area contributed by atoms with Gasteiger partial charge in [-0.15, -0.1) is 0 Å². The zero-order valence-corrected chi connectivity index (χ0v) is 18.2. The van der Waals surface area contributed by atoms with Gasteiger partial charge in [0.25, 0.3) is 0 Å². The maximum atomic E-state index is 10.4. The van der Waals surface area contributed by atoms with E-state index in [0.717, 1.165) is 31.2 Å². The number of imidazole rings is 1. The minimum absolute atomic E-state index is 0.0477. The van der Waals surface area contributed by atoms with Gasteiger partial charge in [-0.2, -0.15) is 0 Å². The van der Waals surface area contributed by atoms with Gasteiger partial charge in [-0.1, -0.05) is 43.2 Å². The lowest BCUT2D eigenvalue weighted by atomic mass is 9.92. The molecule has 1 saturated carbocycles. The molecule has 3 aromatic rings. The van der Waals surface area contributed by atoms with Crippen LogP contribution in [-0.4, -0.2) is 71.9 Å². The molecule has 1 aromatic carbocycles. The van der Waals surface area contributed by atoms with E-state index in [4.69, 9.17) is 9.47 Å². The van der Waals surface area contributed by atoms with Crippen LogP contribution in [0.1, 0.15) is 37.5 Å². The van der Waals surface area contributed by atoms with Gasteiger partial charge in [-0.3, -0.25) is 4.57 Å². The number of nitrogens with one attached hydrogen (secondary N) is 1. The van der Waals surface area contributed by atoms with Gasteiger partial charge in [-0.05, 0) is 18.4 Å². The van der Waals surface area contributed by atoms with E-state index in [2.05, 4.69) is 32.4 Å². The van der Waals surface area contributed by atoms with Crippen molar-refractivity contribution < 1.29 is 24.8 Å². The van der Waals surface area contributed by atoms with Crippen LogP contribution in [0.25, 0.3) is 11.2 Å². The number of rotatable bonds is 7. The fraction of sp³-hybridized carbons (Fsp3) is 0.522. The van der Waals surface area contributed by atoms with E-state index in [1.807, 2.05) is 18.2 Å². The molecule has 1 saturated heterocycles. The summed E-state index contributed by atoms with van der Waals surface area (Å²) in [5.74, 6) is 0.589. The van der Waals surface area contributed by atoms with Crippen molar-refractivity contribution in [3.63, 3.8) is 0 Å². The van der Waals surface area contributed by atoms with Gasteiger partial charge < -0.3 is 30.1 Å². The molecule has 0 radical (unpaired) electrons. The highest BCUT2D eigenvalue weighted by Crippen LogP contribution is 2.33. The summed E-state index contributed by atoms with van der Waals surface area (Å²) < 4.78 is 13.5. The Morgan fingerprint density at radius 2 is 1.88 bits per heavy atom. The van der Waals surface area contributed by atoms with E-state index in [1.165, 1.54) is 12.7 Å². The first-order valence-corrected chi connectivity index (χ1v) is 11.4. The van der Waals surface area contributed by atoms with E-state index >= 15 is 0 Å². The Kier molecular flexibility index (Phi) is 6.52. The molecule has 2 aliphatic rings. The lowest BCUT2D eigenvalue weighted by Gasteiger charge is -2.32. The highest BCUT2D eigenvalue weighted by molar-refractivity contribution is 5.82. The van der Waals surface area contributed by atoms with Crippen LogP contribution in [0, 0.1) is 0 Å². The molecular formula is C23H29N5O5. The zero-order chi connectivity index (χ0) is 22.8. The molecule has 3 unspecified atom stereocenters. The average molecular weight is 456 g/mol. The maximum Gasteiger partial charge on any atom is 0.167 e. The summed E-state index contributed by atoms with van der Waals surface area (Å²) in [7, 11) is 0. The average Bonchev–Trinajstić information content (AvgIpc) is 3.40. The smallest absolute Gasteiger partial charge is 0.167 e. The highest BCUT2D eigenvalue weighted by atomic mass is 16.6. The van der Waals surface area contributed by atoms with Crippen molar-refractivity contribution in [2.45, 2.75) is 69.0 Å². The number of benzene rings is 1. The van der Waals surface area contributed by atoms with Crippen molar-refractivity contribution in [2.75, 3.05) is 11.9 Å². The van der Waals surface area contributed by atoms with Crippen molar-refractivity contribution >= 4 is 17.0 Å². The number of anilines is 1. The predicted molar refractivity (Wildman–Crippen MR) is 119 cm³/mol. The van der Waals surface area contributed by atoms with Crippen LogP contribution in [-0.2, 0) is 16.1 Å². The molecular weight excluding hydrogens is 426 g/mol. The highest BCUT2D eigenvalue weighted by Gasteiger charge is 2.44. The summed E-state index contributed by atoms with van der Waals surface area (Å²) in [6.07, 6.45) is 2.98. The molecule has 2 aromatic heterocycles. The number of aliphatic hydroxyl groups excluding tert-OH is 3. The van der Waals surface area contributed by atoms with E-state index < -0.39 is 31.1 Å². The lowest BCUT2D eigenvalue weighted by molar-refractivity contribution is -0.0511. The quantitative estimate of drug-likeness (QED) is 0.417. The standard InChI is InChI=1S/C23H29N5O5/c29-10-17-19(30)20(31)23(33-17)28-13-26-18-21(24-12-25-22(18)28)27-15-8-4-5-9-16(15)32-11-14-6-2-1-3-7-14/h1-3,6-7,12-13,15-17,19-20,23,29-31H,4-5,8-11H2,(H,24,25,27)/t15?,16-,17?,19-,20-,23?/m1/s1. The molecule has 0 bridgehead atoms. The number of hydrogen-bond donors (Lipinski definition) is 4. The molecule has 5 rings (SSSR count). The Morgan fingerprint density at radius 3 is 2.67 bits per heavy atom. The van der Waals surface area contributed by atoms with Crippen LogP contribution < -0.4 is 5.32 Å². The lowest BCUT2D eigenvalue weighted by Crippen LogP contribution is -2.38. The molecule has 33 heavy (non-hydrogen) atoms. The molecule has 10 nitrogen and oxygen atoms in total. The summed E-state index contributed by atoms with van der Waals surface area (Å²) >= 11 is 0. The number of nitrogens with zero attached hydrogens (tertiary/aromatic N) is 4. The van der Waals surface area contributed by atoms with Crippen LogP contribution in [0.15, 0.2) is 43.0 Å².